The normalized spacial score (nSPS) is 20.0. The Hall–Kier alpha value is -3.52. The second kappa shape index (κ2) is 11.5. The molecule has 0 bridgehead atoms. The van der Waals surface area contributed by atoms with E-state index in [0.717, 1.165) is 5.69 Å². The Morgan fingerprint density at radius 1 is 0.925 bits per heavy atom. The van der Waals surface area contributed by atoms with E-state index < -0.39 is 13.7 Å². The van der Waals surface area contributed by atoms with Gasteiger partial charge in [0.25, 0.3) is 0 Å². The molecule has 1 fully saturated rings. The van der Waals surface area contributed by atoms with Crippen molar-refractivity contribution in [3.05, 3.63) is 114 Å². The first-order chi connectivity index (χ1) is 19.1. The van der Waals surface area contributed by atoms with E-state index >= 15 is 0 Å². The van der Waals surface area contributed by atoms with E-state index in [2.05, 4.69) is 4.90 Å². The zero-order chi connectivity index (χ0) is 28.4. The molecule has 0 spiro atoms. The van der Waals surface area contributed by atoms with Crippen LogP contribution in [-0.2, 0) is 9.30 Å². The van der Waals surface area contributed by atoms with Gasteiger partial charge < -0.3 is 29.6 Å². The molecule has 0 amide bonds. The standard InChI is InChI=1S/C31H31FNO6P/c1-20-33(25-5-3-2-4-6-25)31(30(39-20)18-17-28(34)22-7-12-24(32)13-8-22)27-16-11-23(19-29(27)35)21-9-14-26(15-10-21)40(36,37)38/h2-16,19-20,28,30-31,34-35H,17-18H2,1H3,(H2,36,37,38). The lowest BCUT2D eigenvalue weighted by atomic mass is 9.92. The molecule has 40 heavy (non-hydrogen) atoms. The first kappa shape index (κ1) is 28.0. The molecule has 0 radical (unpaired) electrons. The minimum Gasteiger partial charge on any atom is -0.508 e. The van der Waals surface area contributed by atoms with Crippen LogP contribution in [-0.4, -0.2) is 32.3 Å². The number of benzene rings is 4. The highest BCUT2D eigenvalue weighted by Gasteiger charge is 2.42. The molecule has 7 nitrogen and oxygen atoms in total. The van der Waals surface area contributed by atoms with Crippen molar-refractivity contribution in [2.45, 2.75) is 44.2 Å². The van der Waals surface area contributed by atoms with Gasteiger partial charge in [0.2, 0.25) is 0 Å². The fraction of sp³-hybridized carbons (Fsp3) is 0.226. The molecule has 0 aromatic heterocycles. The third kappa shape index (κ3) is 5.97. The predicted octanol–water partition coefficient (Wildman–Crippen LogP) is 5.81. The van der Waals surface area contributed by atoms with Gasteiger partial charge in [-0.1, -0.05) is 54.6 Å². The summed E-state index contributed by atoms with van der Waals surface area (Å²) in [6, 6.07) is 26.5. The molecule has 1 aliphatic rings. The topological polar surface area (TPSA) is 110 Å². The third-order valence-corrected chi connectivity index (χ3v) is 8.31. The van der Waals surface area contributed by atoms with E-state index in [0.29, 0.717) is 35.1 Å². The summed E-state index contributed by atoms with van der Waals surface area (Å²) >= 11 is 0. The van der Waals surface area contributed by atoms with Crippen LogP contribution in [0.5, 0.6) is 5.75 Å². The lowest BCUT2D eigenvalue weighted by Crippen LogP contribution is -2.31. The lowest BCUT2D eigenvalue weighted by molar-refractivity contribution is 0.0349. The molecule has 0 aliphatic carbocycles. The van der Waals surface area contributed by atoms with Crippen molar-refractivity contribution in [1.29, 1.82) is 0 Å². The van der Waals surface area contributed by atoms with Gasteiger partial charge >= 0.3 is 7.60 Å². The van der Waals surface area contributed by atoms with E-state index in [4.69, 9.17) is 4.74 Å². The number of phenols is 1. The molecule has 4 aromatic rings. The molecule has 208 valence electrons. The Bertz CT molecular complexity index is 1490. The van der Waals surface area contributed by atoms with Gasteiger partial charge in [-0.3, -0.25) is 4.57 Å². The fourth-order valence-corrected chi connectivity index (χ4v) is 5.88. The largest absolute Gasteiger partial charge is 0.508 e. The van der Waals surface area contributed by atoms with Crippen molar-refractivity contribution in [3.63, 3.8) is 0 Å². The summed E-state index contributed by atoms with van der Waals surface area (Å²) in [7, 11) is -4.35. The second-order valence-electron chi connectivity index (χ2n) is 9.97. The molecule has 9 heteroatoms. The van der Waals surface area contributed by atoms with Crippen molar-refractivity contribution in [2.24, 2.45) is 0 Å². The Balaban J connectivity index is 1.44. The number of nitrogens with zero attached hydrogens (tertiary/aromatic N) is 1. The number of aromatic hydroxyl groups is 1. The minimum absolute atomic E-state index is 0.0595. The Morgan fingerprint density at radius 3 is 2.20 bits per heavy atom. The highest BCUT2D eigenvalue weighted by atomic mass is 31.2. The van der Waals surface area contributed by atoms with Gasteiger partial charge in [-0.2, -0.15) is 0 Å². The zero-order valence-electron chi connectivity index (χ0n) is 21.8. The number of para-hydroxylation sites is 1. The summed E-state index contributed by atoms with van der Waals surface area (Å²) in [5, 5.41) is 22.0. The molecule has 1 aliphatic heterocycles. The highest BCUT2D eigenvalue weighted by Crippen LogP contribution is 2.45. The van der Waals surface area contributed by atoms with Crippen LogP contribution in [0.25, 0.3) is 11.1 Å². The van der Waals surface area contributed by atoms with Crippen LogP contribution in [0.1, 0.15) is 43.0 Å². The van der Waals surface area contributed by atoms with Crippen molar-refractivity contribution in [3.8, 4) is 16.9 Å². The van der Waals surface area contributed by atoms with Gasteiger partial charge in [0.15, 0.2) is 0 Å². The number of hydrogen-bond acceptors (Lipinski definition) is 5. The molecule has 4 unspecified atom stereocenters. The number of halogens is 1. The Morgan fingerprint density at radius 2 is 1.57 bits per heavy atom. The quantitative estimate of drug-likeness (QED) is 0.200. The summed E-state index contributed by atoms with van der Waals surface area (Å²) in [6.45, 7) is 1.95. The van der Waals surface area contributed by atoms with Crippen LogP contribution < -0.4 is 10.2 Å². The second-order valence-corrected chi connectivity index (χ2v) is 11.6. The molecule has 4 aromatic carbocycles. The van der Waals surface area contributed by atoms with Crippen molar-refractivity contribution in [2.75, 3.05) is 4.90 Å². The van der Waals surface area contributed by atoms with E-state index in [9.17, 15) is 29.0 Å². The van der Waals surface area contributed by atoms with Gasteiger partial charge in [-0.05, 0) is 78.9 Å². The number of anilines is 1. The first-order valence-corrected chi connectivity index (χ1v) is 14.6. The fourth-order valence-electron chi connectivity index (χ4n) is 5.34. The van der Waals surface area contributed by atoms with E-state index in [-0.39, 0.29) is 35.2 Å². The monoisotopic (exact) mass is 563 g/mol. The summed E-state index contributed by atoms with van der Waals surface area (Å²) in [4.78, 5) is 20.9. The van der Waals surface area contributed by atoms with Crippen molar-refractivity contribution in [1.82, 2.24) is 0 Å². The lowest BCUT2D eigenvalue weighted by Gasteiger charge is -2.31. The van der Waals surface area contributed by atoms with E-state index in [1.165, 1.54) is 24.3 Å². The van der Waals surface area contributed by atoms with E-state index in [1.54, 1.807) is 30.3 Å². The molecule has 4 atom stereocenters. The number of aliphatic hydroxyl groups excluding tert-OH is 1. The Kier molecular flexibility index (Phi) is 8.08. The average molecular weight is 564 g/mol. The molecule has 0 saturated carbocycles. The molecule has 1 heterocycles. The van der Waals surface area contributed by atoms with Crippen LogP contribution in [0.2, 0.25) is 0 Å². The molecule has 5 rings (SSSR count). The van der Waals surface area contributed by atoms with Gasteiger partial charge in [-0.25, -0.2) is 4.39 Å². The first-order valence-electron chi connectivity index (χ1n) is 13.0. The Labute approximate surface area is 232 Å². The predicted molar refractivity (Wildman–Crippen MR) is 152 cm³/mol. The summed E-state index contributed by atoms with van der Waals surface area (Å²) in [6.07, 6.45) is -0.586. The third-order valence-electron chi connectivity index (χ3n) is 7.34. The number of phenolic OH excluding ortho intramolecular Hbond substituents is 1. The van der Waals surface area contributed by atoms with Crippen LogP contribution in [0, 0.1) is 5.82 Å². The van der Waals surface area contributed by atoms with Crippen LogP contribution in [0.4, 0.5) is 10.1 Å². The molecule has 1 saturated heterocycles. The van der Waals surface area contributed by atoms with Gasteiger partial charge in [0.05, 0.1) is 23.6 Å². The zero-order valence-corrected chi connectivity index (χ0v) is 22.7. The summed E-state index contributed by atoms with van der Waals surface area (Å²) in [5.74, 6) is -0.302. The van der Waals surface area contributed by atoms with Crippen molar-refractivity contribution >= 4 is 18.6 Å². The smallest absolute Gasteiger partial charge is 0.356 e. The summed E-state index contributed by atoms with van der Waals surface area (Å²) in [5.41, 5.74) is 3.61. The molecular formula is C31H31FNO6P. The van der Waals surface area contributed by atoms with Gasteiger partial charge in [0.1, 0.15) is 17.8 Å². The minimum atomic E-state index is -4.35. The van der Waals surface area contributed by atoms with Gasteiger partial charge in [-0.15, -0.1) is 0 Å². The van der Waals surface area contributed by atoms with E-state index in [1.807, 2.05) is 49.4 Å². The number of ether oxygens (including phenoxy) is 1. The van der Waals surface area contributed by atoms with Crippen molar-refractivity contribution < 1.29 is 33.7 Å². The molecule has 4 N–H and O–H groups in total. The average Bonchev–Trinajstić information content (AvgIpc) is 3.27. The maximum Gasteiger partial charge on any atom is 0.356 e. The van der Waals surface area contributed by atoms with Crippen LogP contribution in [0.3, 0.4) is 0 Å². The maximum absolute atomic E-state index is 13.3. The summed E-state index contributed by atoms with van der Waals surface area (Å²) < 4.78 is 31.3. The number of rotatable bonds is 8. The maximum atomic E-state index is 13.3. The van der Waals surface area contributed by atoms with Crippen LogP contribution >= 0.6 is 7.60 Å². The highest BCUT2D eigenvalue weighted by molar-refractivity contribution is 7.60. The van der Waals surface area contributed by atoms with Gasteiger partial charge in [0, 0.05) is 11.3 Å². The number of aliphatic hydroxyl groups is 1. The molecular weight excluding hydrogens is 532 g/mol. The number of hydrogen-bond donors (Lipinski definition) is 4. The SMILES string of the molecule is CC1OC(CCC(O)c2ccc(F)cc2)C(c2ccc(-c3ccc(P(=O)(O)O)cc3)cc2O)N1c1ccccc1. The van der Waals surface area contributed by atoms with Crippen LogP contribution in [0.15, 0.2) is 97.1 Å².